The molecule has 0 saturated heterocycles. The summed E-state index contributed by atoms with van der Waals surface area (Å²) in [5.74, 6) is -0.138. The number of benzene rings is 1. The molecule has 0 aromatic heterocycles. The van der Waals surface area contributed by atoms with E-state index in [4.69, 9.17) is 0 Å². The van der Waals surface area contributed by atoms with Crippen LogP contribution in [0.5, 0.6) is 0 Å². The number of nitrogens with one attached hydrogen (secondary N) is 1. The highest BCUT2D eigenvalue weighted by molar-refractivity contribution is 14.1. The summed E-state index contributed by atoms with van der Waals surface area (Å²) in [5.41, 5.74) is 0.614. The molecule has 0 radical (unpaired) electrons. The molecule has 1 rings (SSSR count). The van der Waals surface area contributed by atoms with Crippen LogP contribution in [0.25, 0.3) is 0 Å². The van der Waals surface area contributed by atoms with E-state index in [1.807, 2.05) is 12.1 Å². The second-order valence-corrected chi connectivity index (χ2v) is 7.54. The molecule has 0 aliphatic heterocycles. The Hall–Kier alpha value is -0.670. The number of hydrogen-bond donors (Lipinski definition) is 1. The van der Waals surface area contributed by atoms with Gasteiger partial charge in [-0.15, -0.1) is 0 Å². The van der Waals surface area contributed by atoms with Crippen molar-refractivity contribution in [3.63, 3.8) is 0 Å². The average molecular weight is 396 g/mol. The van der Waals surface area contributed by atoms with Crippen LogP contribution in [0.2, 0.25) is 0 Å². The maximum absolute atomic E-state index is 11.8. The smallest absolute Gasteiger partial charge is 0.251 e. The van der Waals surface area contributed by atoms with Gasteiger partial charge >= 0.3 is 0 Å². The van der Waals surface area contributed by atoms with Crippen LogP contribution in [0, 0.1) is 3.57 Å². The van der Waals surface area contributed by atoms with Gasteiger partial charge in [0.05, 0.1) is 6.26 Å². The number of nitrogens with zero attached hydrogens (tertiary/aromatic N) is 1. The Bertz CT molecular complexity index is 546. The summed E-state index contributed by atoms with van der Waals surface area (Å²) >= 11 is 2.15. The molecule has 0 unspecified atom stereocenters. The van der Waals surface area contributed by atoms with Crippen molar-refractivity contribution >= 4 is 38.5 Å². The summed E-state index contributed by atoms with van der Waals surface area (Å²) in [6.07, 6.45) is 1.75. The van der Waals surface area contributed by atoms with Gasteiger partial charge in [-0.25, -0.2) is 12.7 Å². The number of rotatable bonds is 6. The summed E-state index contributed by atoms with van der Waals surface area (Å²) in [7, 11) is -1.62. The van der Waals surface area contributed by atoms with Gasteiger partial charge in [-0.2, -0.15) is 0 Å². The van der Waals surface area contributed by atoms with E-state index < -0.39 is 10.0 Å². The lowest BCUT2D eigenvalue weighted by Gasteiger charge is -2.13. The molecule has 5 nitrogen and oxygen atoms in total. The van der Waals surface area contributed by atoms with Gasteiger partial charge in [0.15, 0.2) is 0 Å². The van der Waals surface area contributed by atoms with Crippen LogP contribution >= 0.6 is 22.6 Å². The maximum atomic E-state index is 11.8. The van der Waals surface area contributed by atoms with Gasteiger partial charge in [0.1, 0.15) is 0 Å². The zero-order valence-electron chi connectivity index (χ0n) is 10.9. The monoisotopic (exact) mass is 396 g/mol. The van der Waals surface area contributed by atoms with Gasteiger partial charge < -0.3 is 5.32 Å². The molecular weight excluding hydrogens is 379 g/mol. The molecule has 0 spiro atoms. The zero-order valence-corrected chi connectivity index (χ0v) is 13.9. The van der Waals surface area contributed by atoms with Crippen LogP contribution in [0.15, 0.2) is 24.3 Å². The molecule has 0 heterocycles. The van der Waals surface area contributed by atoms with Crippen molar-refractivity contribution in [3.8, 4) is 0 Å². The van der Waals surface area contributed by atoms with Gasteiger partial charge in [0, 0.05) is 29.3 Å². The largest absolute Gasteiger partial charge is 0.352 e. The molecule has 0 fully saturated rings. The second kappa shape index (κ2) is 7.20. The standard InChI is InChI=1S/C12H17IN2O3S/c1-15(19(2,17)18)8-4-7-14-12(16)10-5-3-6-11(13)9-10/h3,5-6,9H,4,7-8H2,1-2H3,(H,14,16). The summed E-state index contributed by atoms with van der Waals surface area (Å²) < 4.78 is 24.6. The van der Waals surface area contributed by atoms with E-state index in [9.17, 15) is 13.2 Å². The fourth-order valence-electron chi connectivity index (χ4n) is 1.40. The molecule has 7 heteroatoms. The third-order valence-electron chi connectivity index (χ3n) is 2.59. The molecule has 1 amide bonds. The molecule has 0 aliphatic carbocycles. The highest BCUT2D eigenvalue weighted by Crippen LogP contribution is 2.07. The molecular formula is C12H17IN2O3S. The van der Waals surface area contributed by atoms with Crippen molar-refractivity contribution in [2.45, 2.75) is 6.42 Å². The lowest BCUT2D eigenvalue weighted by Crippen LogP contribution is -2.30. The summed E-state index contributed by atoms with van der Waals surface area (Å²) in [5, 5.41) is 2.77. The summed E-state index contributed by atoms with van der Waals surface area (Å²) in [6, 6.07) is 7.30. The van der Waals surface area contributed by atoms with Crippen molar-refractivity contribution < 1.29 is 13.2 Å². The average Bonchev–Trinajstić information content (AvgIpc) is 2.32. The molecule has 1 aromatic carbocycles. The van der Waals surface area contributed by atoms with Crippen LogP contribution in [0.1, 0.15) is 16.8 Å². The Morgan fingerprint density at radius 1 is 1.42 bits per heavy atom. The van der Waals surface area contributed by atoms with Gasteiger partial charge in [-0.1, -0.05) is 6.07 Å². The van der Waals surface area contributed by atoms with Crippen molar-refractivity contribution in [1.29, 1.82) is 0 Å². The molecule has 0 saturated carbocycles. The van der Waals surface area contributed by atoms with Gasteiger partial charge in [-0.05, 0) is 47.2 Å². The predicted octanol–water partition coefficient (Wildman–Crippen LogP) is 1.30. The SMILES string of the molecule is CN(CCCNC(=O)c1cccc(I)c1)S(C)(=O)=O. The molecule has 1 N–H and O–H groups in total. The Kier molecular flexibility index (Phi) is 6.21. The number of halogens is 1. The molecule has 106 valence electrons. The molecule has 0 aliphatic rings. The first kappa shape index (κ1) is 16.4. The van der Waals surface area contributed by atoms with Crippen LogP contribution in [0.4, 0.5) is 0 Å². The third-order valence-corrected chi connectivity index (χ3v) is 4.57. The number of hydrogen-bond acceptors (Lipinski definition) is 3. The molecule has 0 atom stereocenters. The van der Waals surface area contributed by atoms with E-state index in [1.165, 1.54) is 11.4 Å². The quantitative estimate of drug-likeness (QED) is 0.583. The number of carbonyl (C=O) groups is 1. The van der Waals surface area contributed by atoms with Crippen molar-refractivity contribution in [2.75, 3.05) is 26.4 Å². The molecule has 1 aromatic rings. The second-order valence-electron chi connectivity index (χ2n) is 4.20. The van der Waals surface area contributed by atoms with Gasteiger partial charge in [-0.3, -0.25) is 4.79 Å². The Morgan fingerprint density at radius 3 is 2.68 bits per heavy atom. The van der Waals surface area contributed by atoms with E-state index >= 15 is 0 Å². The highest BCUT2D eigenvalue weighted by Gasteiger charge is 2.10. The first-order valence-corrected chi connectivity index (χ1v) is 8.68. The Labute approximate surface area is 127 Å². The number of carbonyl (C=O) groups excluding carboxylic acids is 1. The Morgan fingerprint density at radius 2 is 2.11 bits per heavy atom. The lowest BCUT2D eigenvalue weighted by molar-refractivity contribution is 0.0953. The number of amides is 1. The summed E-state index contributed by atoms with van der Waals surface area (Å²) in [6.45, 7) is 0.843. The third kappa shape index (κ3) is 5.87. The Balaban J connectivity index is 2.36. The molecule has 0 bridgehead atoms. The van der Waals surface area contributed by atoms with Crippen LogP contribution in [-0.4, -0.2) is 45.0 Å². The van der Waals surface area contributed by atoms with Gasteiger partial charge in [0.25, 0.3) is 5.91 Å². The minimum absolute atomic E-state index is 0.138. The normalized spacial score (nSPS) is 11.6. The topological polar surface area (TPSA) is 66.5 Å². The minimum atomic E-state index is -3.14. The first-order valence-electron chi connectivity index (χ1n) is 5.76. The molecule has 19 heavy (non-hydrogen) atoms. The van der Waals surface area contributed by atoms with Crippen LogP contribution in [-0.2, 0) is 10.0 Å². The summed E-state index contributed by atoms with van der Waals surface area (Å²) in [4.78, 5) is 11.8. The van der Waals surface area contributed by atoms with E-state index in [2.05, 4.69) is 27.9 Å². The predicted molar refractivity (Wildman–Crippen MR) is 83.6 cm³/mol. The van der Waals surface area contributed by atoms with Crippen LogP contribution in [0.3, 0.4) is 0 Å². The number of sulfonamides is 1. The highest BCUT2D eigenvalue weighted by atomic mass is 127. The van der Waals surface area contributed by atoms with E-state index in [0.717, 1.165) is 9.83 Å². The first-order chi connectivity index (χ1) is 8.80. The zero-order chi connectivity index (χ0) is 14.5. The maximum Gasteiger partial charge on any atom is 0.251 e. The van der Waals surface area contributed by atoms with Crippen molar-refractivity contribution in [3.05, 3.63) is 33.4 Å². The van der Waals surface area contributed by atoms with Crippen molar-refractivity contribution in [2.24, 2.45) is 0 Å². The minimum Gasteiger partial charge on any atom is -0.352 e. The fourth-order valence-corrected chi connectivity index (χ4v) is 2.41. The van der Waals surface area contributed by atoms with E-state index in [0.29, 0.717) is 25.1 Å². The lowest BCUT2D eigenvalue weighted by atomic mass is 10.2. The van der Waals surface area contributed by atoms with Gasteiger partial charge in [0.2, 0.25) is 10.0 Å². The van der Waals surface area contributed by atoms with E-state index in [1.54, 1.807) is 12.1 Å². The fraction of sp³-hybridized carbons (Fsp3) is 0.417. The van der Waals surface area contributed by atoms with Crippen LogP contribution < -0.4 is 5.32 Å². The van der Waals surface area contributed by atoms with E-state index in [-0.39, 0.29) is 5.91 Å². The van der Waals surface area contributed by atoms with Crippen molar-refractivity contribution in [1.82, 2.24) is 9.62 Å².